The Labute approximate surface area is 117 Å². The highest BCUT2D eigenvalue weighted by Gasteiger charge is 2.11. The zero-order chi connectivity index (χ0) is 14.3. The lowest BCUT2D eigenvalue weighted by Crippen LogP contribution is -1.94. The van der Waals surface area contributed by atoms with Gasteiger partial charge in [-0.1, -0.05) is 0 Å². The summed E-state index contributed by atoms with van der Waals surface area (Å²) in [4.78, 5) is 4.32. The number of rotatable bonds is 2. The number of anilines is 1. The molecule has 3 rings (SSSR count). The van der Waals surface area contributed by atoms with Crippen LogP contribution in [0.15, 0.2) is 30.3 Å². The SMILES string of the molecule is Cc1nc2cc(Oc3ccc(F)cc3F)c(N)cc2s1. The fraction of sp³-hybridized carbons (Fsp3) is 0.0714. The molecule has 0 bridgehead atoms. The highest BCUT2D eigenvalue weighted by Crippen LogP contribution is 2.34. The first-order valence-electron chi connectivity index (χ1n) is 5.82. The van der Waals surface area contributed by atoms with Crippen LogP contribution in [-0.2, 0) is 0 Å². The number of nitrogens with two attached hydrogens (primary N) is 1. The highest BCUT2D eigenvalue weighted by atomic mass is 32.1. The van der Waals surface area contributed by atoms with Crippen molar-refractivity contribution in [1.82, 2.24) is 4.98 Å². The van der Waals surface area contributed by atoms with E-state index in [1.165, 1.54) is 17.4 Å². The molecule has 102 valence electrons. The molecule has 3 nitrogen and oxygen atoms in total. The molecule has 0 atom stereocenters. The number of fused-ring (bicyclic) bond motifs is 1. The lowest BCUT2D eigenvalue weighted by Gasteiger charge is -2.09. The van der Waals surface area contributed by atoms with Crippen LogP contribution in [0.5, 0.6) is 11.5 Å². The van der Waals surface area contributed by atoms with E-state index in [0.29, 0.717) is 11.4 Å². The minimum absolute atomic E-state index is 0.0793. The topological polar surface area (TPSA) is 48.1 Å². The molecule has 0 aliphatic rings. The van der Waals surface area contributed by atoms with Gasteiger partial charge in [0.1, 0.15) is 5.82 Å². The molecule has 0 unspecified atom stereocenters. The number of ether oxygens (including phenoxy) is 1. The molecule has 0 saturated carbocycles. The fourth-order valence-corrected chi connectivity index (χ4v) is 2.71. The van der Waals surface area contributed by atoms with Crippen molar-refractivity contribution in [2.45, 2.75) is 6.92 Å². The predicted molar refractivity (Wildman–Crippen MR) is 75.2 cm³/mol. The first kappa shape index (κ1) is 12.8. The van der Waals surface area contributed by atoms with Gasteiger partial charge in [0.15, 0.2) is 17.3 Å². The second-order valence-electron chi connectivity index (χ2n) is 4.27. The van der Waals surface area contributed by atoms with Gasteiger partial charge in [-0.25, -0.2) is 13.8 Å². The Morgan fingerprint density at radius 1 is 1.15 bits per heavy atom. The Bertz CT molecular complexity index is 801. The van der Waals surface area contributed by atoms with Crippen LogP contribution in [0.4, 0.5) is 14.5 Å². The van der Waals surface area contributed by atoms with Crippen molar-refractivity contribution in [2.75, 3.05) is 5.73 Å². The third kappa shape index (κ3) is 2.30. The first-order valence-corrected chi connectivity index (χ1v) is 6.64. The van der Waals surface area contributed by atoms with Crippen LogP contribution in [0.1, 0.15) is 5.01 Å². The number of aromatic nitrogens is 1. The Morgan fingerprint density at radius 3 is 2.70 bits per heavy atom. The van der Waals surface area contributed by atoms with Gasteiger partial charge in [-0.05, 0) is 25.1 Å². The summed E-state index contributed by atoms with van der Waals surface area (Å²) in [5, 5.41) is 0.907. The van der Waals surface area contributed by atoms with Crippen LogP contribution in [0, 0.1) is 18.6 Å². The lowest BCUT2D eigenvalue weighted by atomic mass is 10.2. The summed E-state index contributed by atoms with van der Waals surface area (Å²) in [6, 6.07) is 6.49. The van der Waals surface area contributed by atoms with Crippen molar-refractivity contribution >= 4 is 27.2 Å². The molecule has 0 amide bonds. The van der Waals surface area contributed by atoms with Gasteiger partial charge >= 0.3 is 0 Å². The van der Waals surface area contributed by atoms with Gasteiger partial charge in [0.2, 0.25) is 0 Å². The van der Waals surface area contributed by atoms with E-state index >= 15 is 0 Å². The molecule has 2 aromatic carbocycles. The van der Waals surface area contributed by atoms with Crippen LogP contribution in [0.25, 0.3) is 10.2 Å². The average Bonchev–Trinajstić information content (AvgIpc) is 2.72. The molecule has 0 saturated heterocycles. The number of nitrogens with zero attached hydrogens (tertiary/aromatic N) is 1. The van der Waals surface area contributed by atoms with Gasteiger partial charge < -0.3 is 10.5 Å². The molecule has 1 aromatic heterocycles. The Balaban J connectivity index is 2.03. The minimum atomic E-state index is -0.779. The number of halogens is 2. The van der Waals surface area contributed by atoms with Gasteiger partial charge in [-0.15, -0.1) is 11.3 Å². The number of hydrogen-bond acceptors (Lipinski definition) is 4. The Kier molecular flexibility index (Phi) is 3.02. The number of nitrogen functional groups attached to an aromatic ring is 1. The highest BCUT2D eigenvalue weighted by molar-refractivity contribution is 7.18. The van der Waals surface area contributed by atoms with Crippen LogP contribution in [0.3, 0.4) is 0 Å². The van der Waals surface area contributed by atoms with Crippen molar-refractivity contribution in [2.24, 2.45) is 0 Å². The van der Waals surface area contributed by atoms with E-state index in [2.05, 4.69) is 4.98 Å². The Morgan fingerprint density at radius 2 is 1.95 bits per heavy atom. The van der Waals surface area contributed by atoms with Gasteiger partial charge in [0.05, 0.1) is 20.9 Å². The molecule has 0 radical (unpaired) electrons. The standard InChI is InChI=1S/C14H10F2N2OS/c1-7-18-11-6-13(10(17)5-14(11)20-7)19-12-3-2-8(15)4-9(12)16/h2-6H,17H2,1H3. The van der Waals surface area contributed by atoms with E-state index in [4.69, 9.17) is 10.5 Å². The summed E-state index contributed by atoms with van der Waals surface area (Å²) in [6.07, 6.45) is 0. The number of thiazole rings is 1. The van der Waals surface area contributed by atoms with Gasteiger partial charge in [0.25, 0.3) is 0 Å². The van der Waals surface area contributed by atoms with Crippen LogP contribution in [-0.4, -0.2) is 4.98 Å². The predicted octanol–water partition coefficient (Wildman–Crippen LogP) is 4.26. The van der Waals surface area contributed by atoms with Crippen LogP contribution >= 0.6 is 11.3 Å². The van der Waals surface area contributed by atoms with E-state index in [1.54, 1.807) is 12.1 Å². The van der Waals surface area contributed by atoms with Gasteiger partial charge in [0, 0.05) is 12.1 Å². The smallest absolute Gasteiger partial charge is 0.168 e. The van der Waals surface area contributed by atoms with E-state index in [9.17, 15) is 8.78 Å². The maximum Gasteiger partial charge on any atom is 0.168 e. The van der Waals surface area contributed by atoms with Crippen LogP contribution < -0.4 is 10.5 Å². The molecule has 6 heteroatoms. The first-order chi connectivity index (χ1) is 9.52. The number of benzene rings is 2. The lowest BCUT2D eigenvalue weighted by molar-refractivity contribution is 0.440. The number of aryl methyl sites for hydroxylation is 1. The second kappa shape index (κ2) is 4.72. The molecule has 1 heterocycles. The van der Waals surface area contributed by atoms with Crippen molar-refractivity contribution in [3.05, 3.63) is 47.0 Å². The van der Waals surface area contributed by atoms with Crippen molar-refractivity contribution in [3.63, 3.8) is 0 Å². The average molecular weight is 292 g/mol. The zero-order valence-electron chi connectivity index (χ0n) is 10.5. The quantitative estimate of drug-likeness (QED) is 0.718. The summed E-state index contributed by atoms with van der Waals surface area (Å²) in [6.45, 7) is 1.89. The minimum Gasteiger partial charge on any atom is -0.452 e. The fourth-order valence-electron chi connectivity index (χ4n) is 1.85. The summed E-state index contributed by atoms with van der Waals surface area (Å²) >= 11 is 1.52. The molecule has 20 heavy (non-hydrogen) atoms. The molecule has 2 N–H and O–H groups in total. The van der Waals surface area contributed by atoms with Gasteiger partial charge in [-0.3, -0.25) is 0 Å². The Hall–Kier alpha value is -2.21. The molecule has 0 aliphatic carbocycles. The van der Waals surface area contributed by atoms with Crippen molar-refractivity contribution < 1.29 is 13.5 Å². The summed E-state index contributed by atoms with van der Waals surface area (Å²) in [5.74, 6) is -1.22. The van der Waals surface area contributed by atoms with E-state index < -0.39 is 11.6 Å². The monoisotopic (exact) mass is 292 g/mol. The molecule has 0 aliphatic heterocycles. The molecule has 0 fully saturated rings. The van der Waals surface area contributed by atoms with Crippen molar-refractivity contribution in [3.8, 4) is 11.5 Å². The largest absolute Gasteiger partial charge is 0.452 e. The third-order valence-electron chi connectivity index (χ3n) is 2.74. The number of hydrogen-bond donors (Lipinski definition) is 1. The van der Waals surface area contributed by atoms with E-state index in [1.807, 2.05) is 6.92 Å². The maximum atomic E-state index is 13.6. The van der Waals surface area contributed by atoms with Gasteiger partial charge in [-0.2, -0.15) is 0 Å². The zero-order valence-corrected chi connectivity index (χ0v) is 11.3. The van der Waals surface area contributed by atoms with Crippen molar-refractivity contribution in [1.29, 1.82) is 0 Å². The van der Waals surface area contributed by atoms with E-state index in [-0.39, 0.29) is 5.75 Å². The van der Waals surface area contributed by atoms with E-state index in [0.717, 1.165) is 27.4 Å². The molecule has 0 spiro atoms. The summed E-state index contributed by atoms with van der Waals surface area (Å²) in [5.41, 5.74) is 7.00. The normalized spacial score (nSPS) is 10.9. The third-order valence-corrected chi connectivity index (χ3v) is 3.67. The maximum absolute atomic E-state index is 13.6. The molecular weight excluding hydrogens is 282 g/mol. The molecular formula is C14H10F2N2OS. The molecule has 3 aromatic rings. The summed E-state index contributed by atoms with van der Waals surface area (Å²) in [7, 11) is 0. The van der Waals surface area contributed by atoms with Crippen LogP contribution in [0.2, 0.25) is 0 Å². The second-order valence-corrected chi connectivity index (χ2v) is 5.50. The summed E-state index contributed by atoms with van der Waals surface area (Å²) < 4.78 is 32.8.